The highest BCUT2D eigenvalue weighted by molar-refractivity contribution is 6.29. The van der Waals surface area contributed by atoms with Crippen LogP contribution >= 0.6 is 11.6 Å². The molecule has 0 radical (unpaired) electrons. The summed E-state index contributed by atoms with van der Waals surface area (Å²) in [7, 11) is 0. The van der Waals surface area contributed by atoms with Crippen molar-refractivity contribution in [1.82, 2.24) is 14.9 Å². The molecule has 1 aliphatic rings. The van der Waals surface area contributed by atoms with Gasteiger partial charge in [-0.1, -0.05) is 11.6 Å². The number of oxazole rings is 1. The Morgan fingerprint density at radius 2 is 1.96 bits per heavy atom. The summed E-state index contributed by atoms with van der Waals surface area (Å²) in [6.07, 6.45) is 4.89. The third-order valence-electron chi connectivity index (χ3n) is 5.04. The van der Waals surface area contributed by atoms with E-state index in [-0.39, 0.29) is 18.0 Å². The van der Waals surface area contributed by atoms with E-state index in [2.05, 4.69) is 23.8 Å². The average molecular weight is 370 g/mol. The summed E-state index contributed by atoms with van der Waals surface area (Å²) in [5.74, 6) is 0.525. The molecule has 3 heterocycles. The third kappa shape index (κ3) is 3.07. The summed E-state index contributed by atoms with van der Waals surface area (Å²) < 4.78 is 5.81. The van der Waals surface area contributed by atoms with Gasteiger partial charge in [0.25, 0.3) is 5.91 Å². The van der Waals surface area contributed by atoms with E-state index in [1.165, 1.54) is 6.42 Å². The minimum Gasteiger partial charge on any atom is -0.436 e. The maximum atomic E-state index is 13.0. The molecule has 6 heteroatoms. The first-order chi connectivity index (χ1) is 12.5. The van der Waals surface area contributed by atoms with Crippen molar-refractivity contribution in [3.63, 3.8) is 0 Å². The van der Waals surface area contributed by atoms with Crippen LogP contribution in [0.1, 0.15) is 43.5 Å². The van der Waals surface area contributed by atoms with Gasteiger partial charge in [0.05, 0.1) is 0 Å². The molecule has 4 rings (SSSR count). The molecule has 0 saturated carbocycles. The van der Waals surface area contributed by atoms with Crippen molar-refractivity contribution in [2.24, 2.45) is 0 Å². The van der Waals surface area contributed by atoms with Crippen LogP contribution < -0.4 is 0 Å². The first-order valence-electron chi connectivity index (χ1n) is 8.88. The lowest BCUT2D eigenvalue weighted by Crippen LogP contribution is -2.47. The molecule has 1 aliphatic heterocycles. The number of rotatable bonds is 2. The number of nitrogens with zero attached hydrogens (tertiary/aromatic N) is 3. The van der Waals surface area contributed by atoms with Gasteiger partial charge in [0.2, 0.25) is 5.89 Å². The fraction of sp³-hybridized carbons (Fsp3) is 0.350. The smallest absolute Gasteiger partial charge is 0.254 e. The summed E-state index contributed by atoms with van der Waals surface area (Å²) in [5.41, 5.74) is 2.71. The Labute approximate surface area is 157 Å². The number of halogens is 1. The Morgan fingerprint density at radius 3 is 2.69 bits per heavy atom. The summed E-state index contributed by atoms with van der Waals surface area (Å²) >= 11 is 5.94. The number of hydrogen-bond donors (Lipinski definition) is 0. The second-order valence-electron chi connectivity index (χ2n) is 6.91. The second kappa shape index (κ2) is 6.72. The Bertz CT molecular complexity index is 959. The highest BCUT2D eigenvalue weighted by Gasteiger charge is 2.29. The van der Waals surface area contributed by atoms with Gasteiger partial charge in [0.1, 0.15) is 10.7 Å². The van der Waals surface area contributed by atoms with Crippen LogP contribution in [0.15, 0.2) is 40.9 Å². The number of fused-ring (bicyclic) bond motifs is 1. The van der Waals surface area contributed by atoms with Gasteiger partial charge in [-0.05, 0) is 63.4 Å². The zero-order valence-electron chi connectivity index (χ0n) is 14.8. The molecule has 0 aliphatic carbocycles. The fourth-order valence-electron chi connectivity index (χ4n) is 3.69. The molecule has 26 heavy (non-hydrogen) atoms. The first kappa shape index (κ1) is 17.0. The molecule has 2 atom stereocenters. The number of pyridine rings is 1. The topological polar surface area (TPSA) is 59.2 Å². The SMILES string of the molecule is CC1CCCC(C)N1C(=O)c1ccc2oc(-c3ccnc(Cl)c3)nc2c1. The number of amides is 1. The van der Waals surface area contributed by atoms with Gasteiger partial charge in [-0.15, -0.1) is 0 Å². The van der Waals surface area contributed by atoms with Crippen LogP contribution in [0.25, 0.3) is 22.6 Å². The lowest BCUT2D eigenvalue weighted by atomic mass is 9.96. The molecule has 0 bridgehead atoms. The largest absolute Gasteiger partial charge is 0.436 e. The number of piperidine rings is 1. The van der Waals surface area contributed by atoms with Gasteiger partial charge in [-0.2, -0.15) is 0 Å². The predicted molar refractivity (Wildman–Crippen MR) is 101 cm³/mol. The molecule has 1 fully saturated rings. The number of carbonyl (C=O) groups excluding carboxylic acids is 1. The molecule has 1 aromatic carbocycles. The van der Waals surface area contributed by atoms with Crippen LogP contribution in [0.5, 0.6) is 0 Å². The standard InChI is InChI=1S/C20H20ClN3O2/c1-12-4-3-5-13(2)24(12)20(25)15-6-7-17-16(10-15)23-19(26-17)14-8-9-22-18(21)11-14/h6-13H,3-5H2,1-2H3. The quantitative estimate of drug-likeness (QED) is 0.600. The lowest BCUT2D eigenvalue weighted by Gasteiger charge is -2.39. The van der Waals surface area contributed by atoms with Crippen molar-refractivity contribution in [2.45, 2.75) is 45.2 Å². The molecule has 2 aromatic heterocycles. The van der Waals surface area contributed by atoms with Gasteiger partial charge >= 0.3 is 0 Å². The Balaban J connectivity index is 1.68. The predicted octanol–water partition coefficient (Wildman–Crippen LogP) is 4.95. The Hall–Kier alpha value is -2.40. The second-order valence-corrected chi connectivity index (χ2v) is 7.30. The van der Waals surface area contributed by atoms with Crippen LogP contribution in [0.2, 0.25) is 5.15 Å². The van der Waals surface area contributed by atoms with Gasteiger partial charge in [0, 0.05) is 29.4 Å². The van der Waals surface area contributed by atoms with Crippen molar-refractivity contribution in [3.8, 4) is 11.5 Å². The Kier molecular flexibility index (Phi) is 4.41. The molecular formula is C20H20ClN3O2. The van der Waals surface area contributed by atoms with E-state index in [0.29, 0.717) is 27.7 Å². The average Bonchev–Trinajstić information content (AvgIpc) is 3.04. The van der Waals surface area contributed by atoms with E-state index in [1.807, 2.05) is 17.0 Å². The number of hydrogen-bond acceptors (Lipinski definition) is 4. The third-order valence-corrected chi connectivity index (χ3v) is 5.24. The van der Waals surface area contributed by atoms with Crippen LogP contribution in [0.4, 0.5) is 0 Å². The molecular weight excluding hydrogens is 350 g/mol. The maximum Gasteiger partial charge on any atom is 0.254 e. The summed E-state index contributed by atoms with van der Waals surface area (Å²) in [4.78, 5) is 23.5. The monoisotopic (exact) mass is 369 g/mol. The Morgan fingerprint density at radius 1 is 1.19 bits per heavy atom. The van der Waals surface area contributed by atoms with E-state index in [0.717, 1.165) is 18.4 Å². The highest BCUT2D eigenvalue weighted by Crippen LogP contribution is 2.28. The molecule has 0 spiro atoms. The van der Waals surface area contributed by atoms with Crippen LogP contribution in [-0.4, -0.2) is 32.9 Å². The number of carbonyl (C=O) groups is 1. The molecule has 134 valence electrons. The molecule has 1 saturated heterocycles. The van der Waals surface area contributed by atoms with Gasteiger partial charge < -0.3 is 9.32 Å². The van der Waals surface area contributed by atoms with E-state index in [4.69, 9.17) is 16.0 Å². The van der Waals surface area contributed by atoms with E-state index >= 15 is 0 Å². The van der Waals surface area contributed by atoms with Crippen LogP contribution in [0.3, 0.4) is 0 Å². The van der Waals surface area contributed by atoms with Gasteiger partial charge in [0.15, 0.2) is 5.58 Å². The lowest BCUT2D eigenvalue weighted by molar-refractivity contribution is 0.0511. The summed E-state index contributed by atoms with van der Waals surface area (Å²) in [5, 5.41) is 0.383. The van der Waals surface area contributed by atoms with Crippen LogP contribution in [-0.2, 0) is 0 Å². The van der Waals surface area contributed by atoms with E-state index in [1.54, 1.807) is 24.4 Å². The zero-order valence-corrected chi connectivity index (χ0v) is 15.5. The van der Waals surface area contributed by atoms with Crippen molar-refractivity contribution in [2.75, 3.05) is 0 Å². The summed E-state index contributed by atoms with van der Waals surface area (Å²) in [6.45, 7) is 4.24. The molecule has 3 aromatic rings. The zero-order chi connectivity index (χ0) is 18.3. The molecule has 0 N–H and O–H groups in total. The minimum absolute atomic E-state index is 0.0584. The summed E-state index contributed by atoms with van der Waals surface area (Å²) in [6, 6.07) is 9.44. The van der Waals surface area contributed by atoms with Gasteiger partial charge in [-0.25, -0.2) is 9.97 Å². The van der Waals surface area contributed by atoms with Crippen molar-refractivity contribution in [3.05, 3.63) is 47.2 Å². The normalized spacial score (nSPS) is 20.5. The first-order valence-corrected chi connectivity index (χ1v) is 9.26. The van der Waals surface area contributed by atoms with Crippen LogP contribution in [0, 0.1) is 0 Å². The number of likely N-dealkylation sites (tertiary alicyclic amines) is 1. The number of aromatic nitrogens is 2. The number of benzene rings is 1. The van der Waals surface area contributed by atoms with E-state index < -0.39 is 0 Å². The molecule has 5 nitrogen and oxygen atoms in total. The van der Waals surface area contributed by atoms with Crippen molar-refractivity contribution in [1.29, 1.82) is 0 Å². The fourth-order valence-corrected chi connectivity index (χ4v) is 3.86. The molecule has 1 amide bonds. The molecule has 2 unspecified atom stereocenters. The van der Waals surface area contributed by atoms with Gasteiger partial charge in [-0.3, -0.25) is 4.79 Å². The minimum atomic E-state index is 0.0584. The maximum absolute atomic E-state index is 13.0. The van der Waals surface area contributed by atoms with Crippen molar-refractivity contribution < 1.29 is 9.21 Å². The van der Waals surface area contributed by atoms with E-state index in [9.17, 15) is 4.79 Å². The van der Waals surface area contributed by atoms with Crippen molar-refractivity contribution >= 4 is 28.6 Å². The highest BCUT2D eigenvalue weighted by atomic mass is 35.5.